The summed E-state index contributed by atoms with van der Waals surface area (Å²) in [5.74, 6) is 0.308. The van der Waals surface area contributed by atoms with Gasteiger partial charge in [-0.1, -0.05) is 17.7 Å². The molecule has 0 radical (unpaired) electrons. The van der Waals surface area contributed by atoms with E-state index in [0.29, 0.717) is 27.8 Å². The van der Waals surface area contributed by atoms with Crippen LogP contribution in [0.3, 0.4) is 0 Å². The lowest BCUT2D eigenvalue weighted by Crippen LogP contribution is -2.26. The first-order chi connectivity index (χ1) is 8.92. The van der Waals surface area contributed by atoms with Crippen LogP contribution >= 0.6 is 27.5 Å². The van der Waals surface area contributed by atoms with E-state index in [2.05, 4.69) is 22.5 Å². The zero-order valence-corrected chi connectivity index (χ0v) is 12.9. The van der Waals surface area contributed by atoms with Gasteiger partial charge >= 0.3 is 6.09 Å². The van der Waals surface area contributed by atoms with Crippen molar-refractivity contribution in [2.45, 2.75) is 6.42 Å². The van der Waals surface area contributed by atoms with E-state index in [4.69, 9.17) is 21.6 Å². The fraction of sp³-hybridized carbons (Fsp3) is 0.231. The molecule has 0 unspecified atom stereocenters. The number of rotatable bonds is 3. The highest BCUT2D eigenvalue weighted by molar-refractivity contribution is 9.10. The number of carbonyl (C=O) groups is 1. The number of nitrogens with zero attached hydrogens (tertiary/aromatic N) is 2. The molecule has 0 bridgehead atoms. The van der Waals surface area contributed by atoms with E-state index in [-0.39, 0.29) is 5.02 Å². The number of ether oxygens (including phenoxy) is 1. The van der Waals surface area contributed by atoms with Crippen LogP contribution in [0.25, 0.3) is 0 Å². The summed E-state index contributed by atoms with van der Waals surface area (Å²) in [6.07, 6.45) is 1.50. The SMILES string of the molecule is C=CCc1c(Cl)c(C#N)cc(Br)c1OC(=O)N(C)C. The van der Waals surface area contributed by atoms with Crippen LogP contribution in [0.4, 0.5) is 4.79 Å². The van der Waals surface area contributed by atoms with E-state index in [9.17, 15) is 4.79 Å². The third-order valence-electron chi connectivity index (χ3n) is 2.29. The summed E-state index contributed by atoms with van der Waals surface area (Å²) in [4.78, 5) is 12.9. The number of hydrogen-bond donors (Lipinski definition) is 0. The summed E-state index contributed by atoms with van der Waals surface area (Å²) in [7, 11) is 3.16. The van der Waals surface area contributed by atoms with E-state index < -0.39 is 6.09 Å². The molecule has 0 saturated heterocycles. The molecule has 0 spiro atoms. The third kappa shape index (κ3) is 3.49. The van der Waals surface area contributed by atoms with Crippen LogP contribution in [0.15, 0.2) is 23.2 Å². The Kier molecular flexibility index (Phi) is 5.40. The molecule has 1 aromatic carbocycles. The molecule has 0 heterocycles. The zero-order chi connectivity index (χ0) is 14.6. The van der Waals surface area contributed by atoms with E-state index in [1.807, 2.05) is 6.07 Å². The van der Waals surface area contributed by atoms with E-state index in [0.717, 1.165) is 0 Å². The molecular weight excluding hydrogens is 332 g/mol. The standard InChI is InChI=1S/C13H12BrClN2O2/c1-4-5-9-11(15)8(7-16)6-10(14)12(9)19-13(18)17(2)3/h4,6H,1,5H2,2-3H3. The summed E-state index contributed by atoms with van der Waals surface area (Å²) in [5.41, 5.74) is 0.868. The van der Waals surface area contributed by atoms with Crippen molar-refractivity contribution in [3.05, 3.63) is 39.3 Å². The van der Waals surface area contributed by atoms with Gasteiger partial charge in [0.2, 0.25) is 0 Å². The lowest BCUT2D eigenvalue weighted by atomic mass is 10.1. The molecule has 4 nitrogen and oxygen atoms in total. The molecule has 1 aromatic rings. The minimum atomic E-state index is -0.521. The molecule has 6 heteroatoms. The highest BCUT2D eigenvalue weighted by Gasteiger charge is 2.19. The van der Waals surface area contributed by atoms with Crippen LogP contribution in [0.1, 0.15) is 11.1 Å². The maximum absolute atomic E-state index is 11.6. The summed E-state index contributed by atoms with van der Waals surface area (Å²) >= 11 is 9.41. The second-order valence-corrected chi connectivity index (χ2v) is 5.13. The Morgan fingerprint density at radius 2 is 2.32 bits per heavy atom. The number of carbonyl (C=O) groups excluding carboxylic acids is 1. The fourth-order valence-electron chi connectivity index (χ4n) is 1.36. The van der Waals surface area contributed by atoms with Crippen LogP contribution < -0.4 is 4.74 Å². The quantitative estimate of drug-likeness (QED) is 0.785. The number of hydrogen-bond acceptors (Lipinski definition) is 3. The van der Waals surface area contributed by atoms with Gasteiger partial charge in [-0.3, -0.25) is 0 Å². The van der Waals surface area contributed by atoms with Gasteiger partial charge in [0.05, 0.1) is 15.1 Å². The molecule has 0 fully saturated rings. The lowest BCUT2D eigenvalue weighted by molar-refractivity contribution is 0.171. The molecule has 100 valence electrons. The molecule has 1 rings (SSSR count). The molecule has 0 aliphatic heterocycles. The van der Waals surface area contributed by atoms with Gasteiger partial charge in [-0.05, 0) is 28.4 Å². The molecular formula is C13H12BrClN2O2. The van der Waals surface area contributed by atoms with Gasteiger partial charge < -0.3 is 9.64 Å². The van der Waals surface area contributed by atoms with Crippen LogP contribution in [0, 0.1) is 11.3 Å². The average Bonchev–Trinajstić information content (AvgIpc) is 2.37. The first-order valence-electron chi connectivity index (χ1n) is 5.33. The second-order valence-electron chi connectivity index (χ2n) is 3.89. The minimum absolute atomic E-state index is 0.271. The van der Waals surface area contributed by atoms with Crippen LogP contribution in [0.2, 0.25) is 5.02 Å². The van der Waals surface area contributed by atoms with Crippen molar-refractivity contribution in [1.82, 2.24) is 4.90 Å². The van der Waals surface area contributed by atoms with Crippen molar-refractivity contribution >= 4 is 33.6 Å². The van der Waals surface area contributed by atoms with E-state index >= 15 is 0 Å². The largest absolute Gasteiger partial charge is 0.414 e. The number of amides is 1. The van der Waals surface area contributed by atoms with E-state index in [1.54, 1.807) is 20.2 Å². The van der Waals surface area contributed by atoms with Gasteiger partial charge in [-0.15, -0.1) is 6.58 Å². The van der Waals surface area contributed by atoms with Crippen molar-refractivity contribution in [3.8, 4) is 11.8 Å². The Morgan fingerprint density at radius 1 is 1.68 bits per heavy atom. The van der Waals surface area contributed by atoms with Crippen molar-refractivity contribution < 1.29 is 9.53 Å². The smallest absolute Gasteiger partial charge is 0.409 e. The van der Waals surface area contributed by atoms with Gasteiger partial charge in [0.1, 0.15) is 6.07 Å². The first-order valence-corrected chi connectivity index (χ1v) is 6.50. The van der Waals surface area contributed by atoms with Gasteiger partial charge in [0, 0.05) is 19.7 Å². The monoisotopic (exact) mass is 342 g/mol. The fourth-order valence-corrected chi connectivity index (χ4v) is 2.17. The van der Waals surface area contributed by atoms with E-state index in [1.165, 1.54) is 11.0 Å². The topological polar surface area (TPSA) is 53.3 Å². The zero-order valence-electron chi connectivity index (χ0n) is 10.5. The Morgan fingerprint density at radius 3 is 2.79 bits per heavy atom. The maximum atomic E-state index is 11.6. The average molecular weight is 344 g/mol. The summed E-state index contributed by atoms with van der Waals surface area (Å²) in [6.45, 7) is 3.63. The number of halogens is 2. The summed E-state index contributed by atoms with van der Waals surface area (Å²) in [5, 5.41) is 9.27. The number of benzene rings is 1. The lowest BCUT2D eigenvalue weighted by Gasteiger charge is -2.16. The number of allylic oxidation sites excluding steroid dienone is 1. The van der Waals surface area contributed by atoms with Crippen molar-refractivity contribution in [1.29, 1.82) is 5.26 Å². The second kappa shape index (κ2) is 6.60. The molecule has 1 amide bonds. The Labute approximate surface area is 125 Å². The Hall–Kier alpha value is -1.51. The minimum Gasteiger partial charge on any atom is -0.409 e. The molecule has 0 saturated carbocycles. The van der Waals surface area contributed by atoms with Gasteiger partial charge in [0.25, 0.3) is 0 Å². The summed E-state index contributed by atoms with van der Waals surface area (Å²) in [6, 6.07) is 3.51. The van der Waals surface area contributed by atoms with Crippen molar-refractivity contribution in [2.75, 3.05) is 14.1 Å². The molecule has 19 heavy (non-hydrogen) atoms. The highest BCUT2D eigenvalue weighted by atomic mass is 79.9. The molecule has 0 aromatic heterocycles. The number of nitriles is 1. The first kappa shape index (κ1) is 15.5. The third-order valence-corrected chi connectivity index (χ3v) is 3.31. The van der Waals surface area contributed by atoms with Crippen LogP contribution in [0.5, 0.6) is 5.75 Å². The Balaban J connectivity index is 3.37. The van der Waals surface area contributed by atoms with Gasteiger partial charge in [-0.2, -0.15) is 5.26 Å². The molecule has 0 atom stereocenters. The van der Waals surface area contributed by atoms with Gasteiger partial charge in [0.15, 0.2) is 5.75 Å². The predicted molar refractivity (Wildman–Crippen MR) is 77.5 cm³/mol. The van der Waals surface area contributed by atoms with Crippen LogP contribution in [-0.4, -0.2) is 25.1 Å². The normalized spacial score (nSPS) is 9.63. The maximum Gasteiger partial charge on any atom is 0.414 e. The summed E-state index contributed by atoms with van der Waals surface area (Å²) < 4.78 is 5.77. The molecule has 0 aliphatic carbocycles. The van der Waals surface area contributed by atoms with Crippen LogP contribution in [-0.2, 0) is 6.42 Å². The highest BCUT2D eigenvalue weighted by Crippen LogP contribution is 2.37. The Bertz CT molecular complexity index is 565. The van der Waals surface area contributed by atoms with Gasteiger partial charge in [-0.25, -0.2) is 4.79 Å². The van der Waals surface area contributed by atoms with Crippen molar-refractivity contribution in [3.63, 3.8) is 0 Å². The molecule has 0 N–H and O–H groups in total. The van der Waals surface area contributed by atoms with Crippen molar-refractivity contribution in [2.24, 2.45) is 0 Å². The predicted octanol–water partition coefficient (Wildman–Crippen LogP) is 3.76. The molecule has 0 aliphatic rings.